The van der Waals surface area contributed by atoms with Gasteiger partial charge in [-0.05, 0) is 18.3 Å². The SMILES string of the molecule is CC(C)(C)C(NC(=O)C1(N)CCCC1)C(=O)O. The number of aliphatic carboxylic acids is 1. The molecule has 0 spiro atoms. The van der Waals surface area contributed by atoms with Gasteiger partial charge in [-0.3, -0.25) is 4.79 Å². The molecule has 0 radical (unpaired) electrons. The summed E-state index contributed by atoms with van der Waals surface area (Å²) in [5.41, 5.74) is 4.58. The average molecular weight is 242 g/mol. The van der Waals surface area contributed by atoms with Crippen LogP contribution in [-0.2, 0) is 9.59 Å². The molecule has 1 atom stereocenters. The van der Waals surface area contributed by atoms with E-state index in [9.17, 15) is 9.59 Å². The van der Waals surface area contributed by atoms with Crippen LogP contribution in [0, 0.1) is 5.41 Å². The molecule has 0 aromatic rings. The van der Waals surface area contributed by atoms with Crippen LogP contribution in [0.15, 0.2) is 0 Å². The molecule has 17 heavy (non-hydrogen) atoms. The number of nitrogens with one attached hydrogen (secondary N) is 1. The van der Waals surface area contributed by atoms with Gasteiger partial charge in [0.15, 0.2) is 0 Å². The van der Waals surface area contributed by atoms with Crippen molar-refractivity contribution in [1.82, 2.24) is 5.32 Å². The van der Waals surface area contributed by atoms with Crippen LogP contribution in [-0.4, -0.2) is 28.6 Å². The van der Waals surface area contributed by atoms with E-state index in [1.807, 2.05) is 0 Å². The molecule has 0 saturated heterocycles. The third kappa shape index (κ3) is 3.19. The summed E-state index contributed by atoms with van der Waals surface area (Å²) in [5, 5.41) is 11.7. The summed E-state index contributed by atoms with van der Waals surface area (Å²) in [7, 11) is 0. The Morgan fingerprint density at radius 2 is 1.76 bits per heavy atom. The first kappa shape index (κ1) is 14.0. The first-order chi connectivity index (χ1) is 7.67. The maximum Gasteiger partial charge on any atom is 0.326 e. The minimum Gasteiger partial charge on any atom is -0.480 e. The van der Waals surface area contributed by atoms with Crippen LogP contribution < -0.4 is 11.1 Å². The number of hydrogen-bond donors (Lipinski definition) is 3. The summed E-state index contributed by atoms with van der Waals surface area (Å²) in [5.74, 6) is -1.36. The topological polar surface area (TPSA) is 92.4 Å². The van der Waals surface area contributed by atoms with E-state index in [0.29, 0.717) is 12.8 Å². The molecule has 0 aromatic heterocycles. The second kappa shape index (κ2) is 4.64. The van der Waals surface area contributed by atoms with Crippen LogP contribution in [0.25, 0.3) is 0 Å². The highest BCUT2D eigenvalue weighted by molar-refractivity contribution is 5.90. The summed E-state index contributed by atoms with van der Waals surface area (Å²) >= 11 is 0. The molecule has 0 aliphatic heterocycles. The fourth-order valence-electron chi connectivity index (χ4n) is 2.16. The van der Waals surface area contributed by atoms with Gasteiger partial charge in [-0.15, -0.1) is 0 Å². The smallest absolute Gasteiger partial charge is 0.326 e. The average Bonchev–Trinajstić information content (AvgIpc) is 2.60. The number of carboxylic acids is 1. The molecule has 1 aliphatic carbocycles. The lowest BCUT2D eigenvalue weighted by molar-refractivity contribution is -0.145. The number of carbonyl (C=O) groups is 2. The standard InChI is InChI=1S/C12H22N2O3/c1-11(2,3)8(9(15)16)14-10(17)12(13)6-4-5-7-12/h8H,4-7,13H2,1-3H3,(H,14,17)(H,15,16). The minimum absolute atomic E-state index is 0.336. The van der Waals surface area contributed by atoms with Crippen molar-refractivity contribution >= 4 is 11.9 Å². The van der Waals surface area contributed by atoms with Gasteiger partial charge in [0.2, 0.25) is 5.91 Å². The highest BCUT2D eigenvalue weighted by Gasteiger charge is 2.41. The van der Waals surface area contributed by atoms with Gasteiger partial charge in [0.05, 0.1) is 5.54 Å². The van der Waals surface area contributed by atoms with Crippen molar-refractivity contribution in [3.05, 3.63) is 0 Å². The van der Waals surface area contributed by atoms with Crippen molar-refractivity contribution in [1.29, 1.82) is 0 Å². The number of rotatable bonds is 3. The predicted octanol–water partition coefficient (Wildman–Crippen LogP) is 0.873. The molecule has 1 saturated carbocycles. The number of hydrogen-bond acceptors (Lipinski definition) is 3. The second-order valence-corrected chi connectivity index (χ2v) is 5.97. The number of carboxylic acid groups (broad SMARTS) is 1. The fourth-order valence-corrected chi connectivity index (χ4v) is 2.16. The van der Waals surface area contributed by atoms with Crippen molar-refractivity contribution in [2.24, 2.45) is 11.1 Å². The molecule has 1 rings (SSSR count). The van der Waals surface area contributed by atoms with E-state index in [-0.39, 0.29) is 5.91 Å². The van der Waals surface area contributed by atoms with E-state index in [1.54, 1.807) is 20.8 Å². The third-order valence-electron chi connectivity index (χ3n) is 3.34. The highest BCUT2D eigenvalue weighted by Crippen LogP contribution is 2.28. The first-order valence-corrected chi connectivity index (χ1v) is 5.99. The molecule has 1 aliphatic rings. The molecule has 0 aromatic carbocycles. The Labute approximate surface area is 102 Å². The molecule has 5 heteroatoms. The third-order valence-corrected chi connectivity index (χ3v) is 3.34. The van der Waals surface area contributed by atoms with Crippen LogP contribution in [0.4, 0.5) is 0 Å². The Balaban J connectivity index is 2.75. The van der Waals surface area contributed by atoms with Gasteiger partial charge in [0.25, 0.3) is 0 Å². The van der Waals surface area contributed by atoms with Gasteiger partial charge in [-0.25, -0.2) is 4.79 Å². The molecular formula is C12H22N2O3. The molecule has 5 nitrogen and oxygen atoms in total. The van der Waals surface area contributed by atoms with Crippen LogP contribution in [0.2, 0.25) is 0 Å². The van der Waals surface area contributed by atoms with E-state index >= 15 is 0 Å². The van der Waals surface area contributed by atoms with E-state index in [4.69, 9.17) is 10.8 Å². The monoisotopic (exact) mass is 242 g/mol. The van der Waals surface area contributed by atoms with Gasteiger partial charge in [0, 0.05) is 0 Å². The Kier molecular flexibility index (Phi) is 3.81. The van der Waals surface area contributed by atoms with Crippen molar-refractivity contribution in [2.45, 2.75) is 58.0 Å². The summed E-state index contributed by atoms with van der Waals surface area (Å²) < 4.78 is 0. The van der Waals surface area contributed by atoms with Crippen molar-refractivity contribution < 1.29 is 14.7 Å². The molecule has 98 valence electrons. The maximum absolute atomic E-state index is 12.0. The normalized spacial score (nSPS) is 20.9. The maximum atomic E-state index is 12.0. The van der Waals surface area contributed by atoms with Gasteiger partial charge in [-0.1, -0.05) is 33.6 Å². The van der Waals surface area contributed by atoms with E-state index < -0.39 is 23.0 Å². The van der Waals surface area contributed by atoms with Crippen molar-refractivity contribution in [3.8, 4) is 0 Å². The minimum atomic E-state index is -1.02. The van der Waals surface area contributed by atoms with E-state index in [2.05, 4.69) is 5.32 Å². The van der Waals surface area contributed by atoms with Crippen molar-refractivity contribution in [2.75, 3.05) is 0 Å². The largest absolute Gasteiger partial charge is 0.480 e. The lowest BCUT2D eigenvalue weighted by Crippen LogP contribution is -2.58. The summed E-state index contributed by atoms with van der Waals surface area (Å²) in [4.78, 5) is 23.2. The van der Waals surface area contributed by atoms with E-state index in [1.165, 1.54) is 0 Å². The van der Waals surface area contributed by atoms with Gasteiger partial charge >= 0.3 is 5.97 Å². The fraction of sp³-hybridized carbons (Fsp3) is 0.833. The second-order valence-electron chi connectivity index (χ2n) is 5.97. The molecule has 1 unspecified atom stereocenters. The summed E-state index contributed by atoms with van der Waals surface area (Å²) in [6.45, 7) is 5.34. The zero-order valence-corrected chi connectivity index (χ0v) is 10.7. The van der Waals surface area contributed by atoms with Crippen LogP contribution in [0.1, 0.15) is 46.5 Å². The van der Waals surface area contributed by atoms with E-state index in [0.717, 1.165) is 12.8 Å². The Morgan fingerprint density at radius 1 is 1.29 bits per heavy atom. The van der Waals surface area contributed by atoms with Gasteiger partial charge in [-0.2, -0.15) is 0 Å². The zero-order valence-electron chi connectivity index (χ0n) is 10.7. The highest BCUT2D eigenvalue weighted by atomic mass is 16.4. The number of nitrogens with two attached hydrogens (primary N) is 1. The zero-order chi connectivity index (χ0) is 13.3. The summed E-state index contributed by atoms with van der Waals surface area (Å²) in [6, 6.07) is -0.906. The molecule has 1 amide bonds. The predicted molar refractivity (Wildman–Crippen MR) is 64.4 cm³/mol. The molecule has 0 bridgehead atoms. The Bertz CT molecular complexity index is 314. The molecule has 0 heterocycles. The van der Waals surface area contributed by atoms with Crippen molar-refractivity contribution in [3.63, 3.8) is 0 Å². The first-order valence-electron chi connectivity index (χ1n) is 5.99. The van der Waals surface area contributed by atoms with Crippen LogP contribution in [0.5, 0.6) is 0 Å². The molecule has 4 N–H and O–H groups in total. The lowest BCUT2D eigenvalue weighted by Gasteiger charge is -2.31. The van der Waals surface area contributed by atoms with Crippen LogP contribution >= 0.6 is 0 Å². The Hall–Kier alpha value is -1.10. The van der Waals surface area contributed by atoms with Gasteiger partial charge < -0.3 is 16.2 Å². The molecule has 1 fully saturated rings. The summed E-state index contributed by atoms with van der Waals surface area (Å²) in [6.07, 6.45) is 3.12. The lowest BCUT2D eigenvalue weighted by atomic mass is 9.85. The Morgan fingerprint density at radius 3 is 2.12 bits per heavy atom. The van der Waals surface area contributed by atoms with Crippen LogP contribution in [0.3, 0.4) is 0 Å². The molecular weight excluding hydrogens is 220 g/mol. The van der Waals surface area contributed by atoms with Gasteiger partial charge in [0.1, 0.15) is 6.04 Å². The quantitative estimate of drug-likeness (QED) is 0.684. The number of amides is 1. The number of carbonyl (C=O) groups excluding carboxylic acids is 1.